The van der Waals surface area contributed by atoms with Crippen LogP contribution in [0.25, 0.3) is 0 Å². The van der Waals surface area contributed by atoms with Crippen LogP contribution in [0.4, 0.5) is 0 Å². The lowest BCUT2D eigenvalue weighted by molar-refractivity contribution is -0.141. The molecule has 0 aromatic heterocycles. The normalized spacial score (nSPS) is 38.5. The van der Waals surface area contributed by atoms with E-state index in [0.29, 0.717) is 19.4 Å². The highest BCUT2D eigenvalue weighted by molar-refractivity contribution is 5.73. The van der Waals surface area contributed by atoms with E-state index in [4.69, 9.17) is 5.11 Å². The Balaban J connectivity index is 2.42. The van der Waals surface area contributed by atoms with Crippen molar-refractivity contribution >= 4 is 5.97 Å². The average Bonchev–Trinajstić information content (AvgIpc) is 1.86. The van der Waals surface area contributed by atoms with E-state index in [1.165, 1.54) is 0 Å². The number of aliphatic carboxylic acids is 1. The van der Waals surface area contributed by atoms with Gasteiger partial charge in [-0.25, -0.2) is 0 Å². The Morgan fingerprint density at radius 1 is 1.73 bits per heavy atom. The molecule has 1 unspecified atom stereocenters. The maximum absolute atomic E-state index is 10.4. The van der Waals surface area contributed by atoms with E-state index < -0.39 is 17.6 Å². The van der Waals surface area contributed by atoms with Crippen molar-refractivity contribution in [3.63, 3.8) is 0 Å². The van der Waals surface area contributed by atoms with Crippen molar-refractivity contribution in [2.75, 3.05) is 6.54 Å². The van der Waals surface area contributed by atoms with Crippen LogP contribution >= 0.6 is 0 Å². The number of piperidine rings is 1. The van der Waals surface area contributed by atoms with Crippen LogP contribution in [0, 0.1) is 0 Å². The van der Waals surface area contributed by atoms with Crippen LogP contribution in [0.1, 0.15) is 19.8 Å². The van der Waals surface area contributed by atoms with Crippen molar-refractivity contribution in [2.24, 2.45) is 0 Å². The summed E-state index contributed by atoms with van der Waals surface area (Å²) >= 11 is 0. The molecule has 1 rings (SSSR count). The Bertz CT molecular complexity index is 157. The Labute approximate surface area is 65.2 Å². The summed E-state index contributed by atoms with van der Waals surface area (Å²) in [4.78, 5) is 10.4. The zero-order chi connectivity index (χ0) is 8.48. The standard InChI is InChI=1S/C7H13NO3/c1-7(11)3-2-5(6(9)10)8-4-7/h5,8,11H,2-4H2,1H3,(H,9,10)/t5-,7?/m0/s1. The van der Waals surface area contributed by atoms with E-state index in [2.05, 4.69) is 5.32 Å². The Kier molecular flexibility index (Phi) is 2.15. The first-order valence-corrected chi connectivity index (χ1v) is 3.70. The summed E-state index contributed by atoms with van der Waals surface area (Å²) in [5.41, 5.74) is -0.730. The molecule has 0 aliphatic carbocycles. The molecular formula is C7H13NO3. The van der Waals surface area contributed by atoms with Gasteiger partial charge in [0, 0.05) is 6.54 Å². The van der Waals surface area contributed by atoms with Gasteiger partial charge in [0.1, 0.15) is 6.04 Å². The highest BCUT2D eigenvalue weighted by Gasteiger charge is 2.31. The molecule has 0 aromatic rings. The molecule has 1 aliphatic rings. The topological polar surface area (TPSA) is 69.6 Å². The molecule has 1 saturated heterocycles. The number of carbonyl (C=O) groups is 1. The molecule has 0 bridgehead atoms. The van der Waals surface area contributed by atoms with Crippen LogP contribution in [0.3, 0.4) is 0 Å². The minimum Gasteiger partial charge on any atom is -0.480 e. The van der Waals surface area contributed by atoms with E-state index >= 15 is 0 Å². The van der Waals surface area contributed by atoms with Gasteiger partial charge in [-0.1, -0.05) is 0 Å². The second-order valence-corrected chi connectivity index (χ2v) is 3.31. The van der Waals surface area contributed by atoms with E-state index in [1.807, 2.05) is 0 Å². The number of rotatable bonds is 1. The zero-order valence-corrected chi connectivity index (χ0v) is 6.50. The van der Waals surface area contributed by atoms with Crippen molar-refractivity contribution in [3.05, 3.63) is 0 Å². The largest absolute Gasteiger partial charge is 0.480 e. The monoisotopic (exact) mass is 159 g/mol. The van der Waals surface area contributed by atoms with Gasteiger partial charge in [0.2, 0.25) is 0 Å². The highest BCUT2D eigenvalue weighted by Crippen LogP contribution is 2.17. The Hall–Kier alpha value is -0.610. The summed E-state index contributed by atoms with van der Waals surface area (Å²) in [7, 11) is 0. The molecule has 0 aromatic carbocycles. The molecule has 64 valence electrons. The molecule has 0 amide bonds. The number of carboxylic acids is 1. The SMILES string of the molecule is CC1(O)CC[C@@H](C(=O)O)NC1. The zero-order valence-electron chi connectivity index (χ0n) is 6.50. The third-order valence-electron chi connectivity index (χ3n) is 2.00. The predicted molar refractivity (Wildman–Crippen MR) is 39.3 cm³/mol. The molecule has 11 heavy (non-hydrogen) atoms. The van der Waals surface area contributed by atoms with Crippen LogP contribution in [0.5, 0.6) is 0 Å². The predicted octanol–water partition coefficient (Wildman–Crippen LogP) is -0.426. The van der Waals surface area contributed by atoms with Crippen molar-refractivity contribution < 1.29 is 15.0 Å². The van der Waals surface area contributed by atoms with Crippen LogP contribution in [-0.4, -0.2) is 34.4 Å². The average molecular weight is 159 g/mol. The Morgan fingerprint density at radius 3 is 2.73 bits per heavy atom. The summed E-state index contributed by atoms with van der Waals surface area (Å²) < 4.78 is 0. The highest BCUT2D eigenvalue weighted by atomic mass is 16.4. The lowest BCUT2D eigenvalue weighted by Gasteiger charge is -2.32. The molecule has 2 atom stereocenters. The van der Waals surface area contributed by atoms with Crippen molar-refractivity contribution in [1.29, 1.82) is 0 Å². The van der Waals surface area contributed by atoms with Gasteiger partial charge in [0.15, 0.2) is 0 Å². The molecule has 3 N–H and O–H groups in total. The summed E-state index contributed by atoms with van der Waals surface area (Å²) in [5.74, 6) is -0.833. The van der Waals surface area contributed by atoms with Gasteiger partial charge in [-0.15, -0.1) is 0 Å². The molecule has 0 saturated carbocycles. The fourth-order valence-corrected chi connectivity index (χ4v) is 1.20. The number of β-amino-alcohol motifs (C(OH)–C–C–N with tert-alkyl or cyclic N) is 1. The molecule has 4 heteroatoms. The minimum atomic E-state index is -0.833. The van der Waals surface area contributed by atoms with Gasteiger partial charge in [-0.3, -0.25) is 4.79 Å². The number of carboxylic acid groups (broad SMARTS) is 1. The van der Waals surface area contributed by atoms with E-state index in [9.17, 15) is 9.90 Å². The smallest absolute Gasteiger partial charge is 0.320 e. The van der Waals surface area contributed by atoms with Gasteiger partial charge < -0.3 is 15.5 Å². The van der Waals surface area contributed by atoms with Crippen LogP contribution in [0.2, 0.25) is 0 Å². The maximum Gasteiger partial charge on any atom is 0.320 e. The first-order valence-electron chi connectivity index (χ1n) is 3.70. The Morgan fingerprint density at radius 2 is 2.36 bits per heavy atom. The minimum absolute atomic E-state index is 0.365. The summed E-state index contributed by atoms with van der Waals surface area (Å²) in [5, 5.41) is 20.7. The molecule has 0 radical (unpaired) electrons. The summed E-state index contributed by atoms with van der Waals surface area (Å²) in [6.07, 6.45) is 1.05. The molecule has 1 aliphatic heterocycles. The molecule has 1 fully saturated rings. The van der Waals surface area contributed by atoms with E-state index in [0.717, 1.165) is 0 Å². The molecule has 1 heterocycles. The molecule has 4 nitrogen and oxygen atoms in total. The van der Waals surface area contributed by atoms with Crippen LogP contribution < -0.4 is 5.32 Å². The number of hydrogen-bond acceptors (Lipinski definition) is 3. The fraction of sp³-hybridized carbons (Fsp3) is 0.857. The van der Waals surface area contributed by atoms with Gasteiger partial charge in [-0.05, 0) is 19.8 Å². The van der Waals surface area contributed by atoms with Crippen molar-refractivity contribution in [3.8, 4) is 0 Å². The summed E-state index contributed by atoms with van der Waals surface area (Å²) in [6, 6.07) is -0.477. The first-order chi connectivity index (χ1) is 5.01. The van der Waals surface area contributed by atoms with Crippen molar-refractivity contribution in [1.82, 2.24) is 5.32 Å². The second-order valence-electron chi connectivity index (χ2n) is 3.31. The third kappa shape index (κ3) is 2.17. The van der Waals surface area contributed by atoms with Crippen LogP contribution in [0.15, 0.2) is 0 Å². The first kappa shape index (κ1) is 8.49. The van der Waals surface area contributed by atoms with Gasteiger partial charge >= 0.3 is 5.97 Å². The quantitative estimate of drug-likeness (QED) is 0.485. The second kappa shape index (κ2) is 2.79. The van der Waals surface area contributed by atoms with Crippen LogP contribution in [-0.2, 0) is 4.79 Å². The van der Waals surface area contributed by atoms with E-state index in [-0.39, 0.29) is 0 Å². The van der Waals surface area contributed by atoms with Gasteiger partial charge in [0.25, 0.3) is 0 Å². The lowest BCUT2D eigenvalue weighted by Crippen LogP contribution is -2.51. The number of nitrogens with one attached hydrogen (secondary N) is 1. The number of hydrogen-bond donors (Lipinski definition) is 3. The molecular weight excluding hydrogens is 146 g/mol. The number of aliphatic hydroxyl groups is 1. The lowest BCUT2D eigenvalue weighted by atomic mass is 9.92. The third-order valence-corrected chi connectivity index (χ3v) is 2.00. The van der Waals surface area contributed by atoms with E-state index in [1.54, 1.807) is 6.92 Å². The van der Waals surface area contributed by atoms with Crippen molar-refractivity contribution in [2.45, 2.75) is 31.4 Å². The van der Waals surface area contributed by atoms with Gasteiger partial charge in [-0.2, -0.15) is 0 Å². The fourth-order valence-electron chi connectivity index (χ4n) is 1.20. The maximum atomic E-state index is 10.4. The van der Waals surface area contributed by atoms with Gasteiger partial charge in [0.05, 0.1) is 5.60 Å². The molecule has 0 spiro atoms. The summed E-state index contributed by atoms with van der Waals surface area (Å²) in [6.45, 7) is 2.07.